The molecule has 0 atom stereocenters. The van der Waals surface area contributed by atoms with E-state index in [1.54, 1.807) is 0 Å². The summed E-state index contributed by atoms with van der Waals surface area (Å²) >= 11 is 0. The number of piperidine rings is 1. The number of morpholine rings is 1. The average molecular weight is 406 g/mol. The lowest BCUT2D eigenvalue weighted by molar-refractivity contribution is -0.140. The van der Waals surface area contributed by atoms with E-state index in [9.17, 15) is 4.79 Å². The van der Waals surface area contributed by atoms with Gasteiger partial charge in [0.25, 0.3) is 0 Å². The lowest BCUT2D eigenvalue weighted by Crippen LogP contribution is -2.47. The van der Waals surface area contributed by atoms with E-state index in [1.807, 2.05) is 33.7 Å². The van der Waals surface area contributed by atoms with Crippen molar-refractivity contribution < 1.29 is 9.53 Å². The van der Waals surface area contributed by atoms with Gasteiger partial charge in [0.15, 0.2) is 11.5 Å². The largest absolute Gasteiger partial charge is 0.378 e. The van der Waals surface area contributed by atoms with Crippen LogP contribution in [0.3, 0.4) is 0 Å². The van der Waals surface area contributed by atoms with E-state index in [-0.39, 0.29) is 11.8 Å². The first-order valence-electron chi connectivity index (χ1n) is 10.6. The summed E-state index contributed by atoms with van der Waals surface area (Å²) in [7, 11) is 0. The number of hydrogen-bond donors (Lipinski definition) is 0. The molecule has 2 fully saturated rings. The van der Waals surface area contributed by atoms with Gasteiger partial charge in [-0.2, -0.15) is 4.52 Å². The van der Waals surface area contributed by atoms with E-state index in [2.05, 4.69) is 34.2 Å². The van der Waals surface area contributed by atoms with Crippen molar-refractivity contribution in [2.45, 2.75) is 19.8 Å². The minimum atomic E-state index is 0.0983. The summed E-state index contributed by atoms with van der Waals surface area (Å²) in [6.07, 6.45) is 1.70. The molecule has 2 aliphatic heterocycles. The van der Waals surface area contributed by atoms with Crippen LogP contribution in [0.2, 0.25) is 0 Å². The van der Waals surface area contributed by atoms with Crippen LogP contribution in [0.15, 0.2) is 36.4 Å². The van der Waals surface area contributed by atoms with Crippen molar-refractivity contribution >= 4 is 17.4 Å². The number of anilines is 1. The normalized spacial score (nSPS) is 18.2. The van der Waals surface area contributed by atoms with E-state index in [1.165, 1.54) is 5.56 Å². The van der Waals surface area contributed by atoms with Crippen molar-refractivity contribution in [2.75, 3.05) is 44.3 Å². The fourth-order valence-corrected chi connectivity index (χ4v) is 4.23. The minimum absolute atomic E-state index is 0.0983. The van der Waals surface area contributed by atoms with Gasteiger partial charge < -0.3 is 14.5 Å². The Bertz CT molecular complexity index is 1030. The van der Waals surface area contributed by atoms with E-state index in [0.29, 0.717) is 26.3 Å². The lowest BCUT2D eigenvalue weighted by atomic mass is 9.95. The summed E-state index contributed by atoms with van der Waals surface area (Å²) in [5, 5.41) is 13.4. The number of rotatable bonds is 3. The molecule has 3 aromatic rings. The third-order valence-corrected chi connectivity index (χ3v) is 6.05. The van der Waals surface area contributed by atoms with Crippen molar-refractivity contribution in [2.24, 2.45) is 5.92 Å². The molecular weight excluding hydrogens is 380 g/mol. The third-order valence-electron chi connectivity index (χ3n) is 6.05. The molecule has 1 aromatic carbocycles. The number of amides is 1. The summed E-state index contributed by atoms with van der Waals surface area (Å²) in [5.41, 5.74) is 2.93. The highest BCUT2D eigenvalue weighted by Gasteiger charge is 2.30. The number of benzene rings is 1. The Balaban J connectivity index is 1.31. The molecule has 0 unspecified atom stereocenters. The number of ether oxygens (including phenoxy) is 1. The molecule has 156 valence electrons. The Morgan fingerprint density at radius 2 is 1.70 bits per heavy atom. The monoisotopic (exact) mass is 406 g/mol. The fourth-order valence-electron chi connectivity index (χ4n) is 4.23. The van der Waals surface area contributed by atoms with Gasteiger partial charge in [-0.25, -0.2) is 0 Å². The van der Waals surface area contributed by atoms with Gasteiger partial charge in [-0.15, -0.1) is 15.3 Å². The molecule has 4 heterocycles. The standard InChI is InChI=1S/C22H26N6O2/c1-16-2-4-17(5-3-16)21-24-23-19-6-7-20(25-28(19)21)26-10-8-18(9-11-26)22(29)27-12-14-30-15-13-27/h2-7,18H,8-15H2,1H3. The van der Waals surface area contributed by atoms with Gasteiger partial charge in [0.1, 0.15) is 5.82 Å². The zero-order valence-corrected chi connectivity index (χ0v) is 17.2. The molecule has 0 spiro atoms. The molecule has 0 aliphatic carbocycles. The molecule has 8 nitrogen and oxygen atoms in total. The van der Waals surface area contributed by atoms with Crippen LogP contribution >= 0.6 is 0 Å². The maximum atomic E-state index is 12.8. The number of carbonyl (C=O) groups excluding carboxylic acids is 1. The van der Waals surface area contributed by atoms with Crippen molar-refractivity contribution in [1.29, 1.82) is 0 Å². The molecule has 5 rings (SSSR count). The molecule has 2 aliphatic rings. The molecule has 0 radical (unpaired) electrons. The van der Waals surface area contributed by atoms with Crippen LogP contribution in [0, 0.1) is 12.8 Å². The second kappa shape index (κ2) is 8.02. The van der Waals surface area contributed by atoms with Crippen LogP contribution < -0.4 is 4.90 Å². The molecule has 8 heteroatoms. The second-order valence-corrected chi connectivity index (χ2v) is 8.05. The topological polar surface area (TPSA) is 75.9 Å². The van der Waals surface area contributed by atoms with Crippen LogP contribution in [0.5, 0.6) is 0 Å². The maximum absolute atomic E-state index is 12.8. The zero-order valence-electron chi connectivity index (χ0n) is 17.2. The van der Waals surface area contributed by atoms with Crippen LogP contribution in [0.4, 0.5) is 5.82 Å². The molecule has 0 saturated carbocycles. The first-order chi connectivity index (χ1) is 14.7. The van der Waals surface area contributed by atoms with E-state index >= 15 is 0 Å². The van der Waals surface area contributed by atoms with Gasteiger partial charge in [0.2, 0.25) is 5.91 Å². The first-order valence-corrected chi connectivity index (χ1v) is 10.6. The van der Waals surface area contributed by atoms with Gasteiger partial charge >= 0.3 is 0 Å². The second-order valence-electron chi connectivity index (χ2n) is 8.05. The Kier molecular flexibility index (Phi) is 5.08. The molecule has 0 N–H and O–H groups in total. The number of nitrogens with zero attached hydrogens (tertiary/aromatic N) is 6. The smallest absolute Gasteiger partial charge is 0.225 e. The predicted molar refractivity (Wildman–Crippen MR) is 113 cm³/mol. The predicted octanol–water partition coefficient (Wildman–Crippen LogP) is 2.17. The number of carbonyl (C=O) groups is 1. The van der Waals surface area contributed by atoms with Gasteiger partial charge in [0, 0.05) is 37.7 Å². The first kappa shape index (κ1) is 19.0. The lowest BCUT2D eigenvalue weighted by Gasteiger charge is -2.35. The Labute approximate surface area is 175 Å². The third kappa shape index (κ3) is 3.63. The summed E-state index contributed by atoms with van der Waals surface area (Å²) in [6, 6.07) is 12.2. The van der Waals surface area contributed by atoms with Crippen LogP contribution in [-0.4, -0.2) is 70.0 Å². The Hall–Kier alpha value is -3.00. The summed E-state index contributed by atoms with van der Waals surface area (Å²) in [4.78, 5) is 17.0. The van der Waals surface area contributed by atoms with Crippen molar-refractivity contribution in [3.05, 3.63) is 42.0 Å². The molecule has 30 heavy (non-hydrogen) atoms. The summed E-state index contributed by atoms with van der Waals surface area (Å²) < 4.78 is 7.18. The van der Waals surface area contributed by atoms with Crippen molar-refractivity contribution in [3.8, 4) is 11.4 Å². The Morgan fingerprint density at radius 1 is 0.967 bits per heavy atom. The molecule has 1 amide bonds. The van der Waals surface area contributed by atoms with Gasteiger partial charge in [-0.1, -0.05) is 29.8 Å². The van der Waals surface area contributed by atoms with Gasteiger partial charge in [-0.3, -0.25) is 4.79 Å². The highest BCUT2D eigenvalue weighted by Crippen LogP contribution is 2.25. The van der Waals surface area contributed by atoms with Gasteiger partial charge in [0.05, 0.1) is 13.2 Å². The Morgan fingerprint density at radius 3 is 2.43 bits per heavy atom. The van der Waals surface area contributed by atoms with Crippen LogP contribution in [-0.2, 0) is 9.53 Å². The van der Waals surface area contributed by atoms with Gasteiger partial charge in [-0.05, 0) is 31.9 Å². The number of aromatic nitrogens is 4. The fraction of sp³-hybridized carbons (Fsp3) is 0.455. The maximum Gasteiger partial charge on any atom is 0.225 e. The molecular formula is C22H26N6O2. The number of aryl methyl sites for hydroxylation is 1. The molecule has 2 aromatic heterocycles. The van der Waals surface area contributed by atoms with Crippen molar-refractivity contribution in [1.82, 2.24) is 24.7 Å². The van der Waals surface area contributed by atoms with Crippen LogP contribution in [0.25, 0.3) is 17.0 Å². The zero-order chi connectivity index (χ0) is 20.5. The SMILES string of the molecule is Cc1ccc(-c2nnc3ccc(N4CCC(C(=O)N5CCOCC5)CC4)nn23)cc1. The number of hydrogen-bond acceptors (Lipinski definition) is 6. The van der Waals surface area contributed by atoms with Crippen LogP contribution in [0.1, 0.15) is 18.4 Å². The highest BCUT2D eigenvalue weighted by molar-refractivity contribution is 5.79. The average Bonchev–Trinajstić information content (AvgIpc) is 3.23. The summed E-state index contributed by atoms with van der Waals surface area (Å²) in [6.45, 7) is 6.44. The number of fused-ring (bicyclic) bond motifs is 1. The summed E-state index contributed by atoms with van der Waals surface area (Å²) in [5.74, 6) is 2.01. The van der Waals surface area contributed by atoms with E-state index < -0.39 is 0 Å². The quantitative estimate of drug-likeness (QED) is 0.664. The minimum Gasteiger partial charge on any atom is -0.378 e. The molecule has 0 bridgehead atoms. The molecule has 2 saturated heterocycles. The van der Waals surface area contributed by atoms with Crippen molar-refractivity contribution in [3.63, 3.8) is 0 Å². The highest BCUT2D eigenvalue weighted by atomic mass is 16.5. The van der Waals surface area contributed by atoms with E-state index in [4.69, 9.17) is 9.84 Å². The van der Waals surface area contributed by atoms with E-state index in [0.717, 1.165) is 48.8 Å².